The number of methoxy groups -OCH3 is 1. The van der Waals surface area contributed by atoms with Crippen molar-refractivity contribution in [3.8, 4) is 0 Å². The summed E-state index contributed by atoms with van der Waals surface area (Å²) >= 11 is 0. The largest absolute Gasteiger partial charge is 0.383 e. The predicted octanol–water partition coefficient (Wildman–Crippen LogP) is 1.07. The van der Waals surface area contributed by atoms with Crippen molar-refractivity contribution in [2.24, 2.45) is 0 Å². The molecule has 0 spiro atoms. The quantitative estimate of drug-likeness (QED) is 0.766. The SMILES string of the molecule is COCC(C)(O)c1cncc(F)c1. The van der Waals surface area contributed by atoms with Gasteiger partial charge in [-0.15, -0.1) is 0 Å². The number of aliphatic hydroxyl groups is 1. The Morgan fingerprint density at radius 2 is 2.31 bits per heavy atom. The topological polar surface area (TPSA) is 42.4 Å². The lowest BCUT2D eigenvalue weighted by molar-refractivity contribution is -0.0212. The van der Waals surface area contributed by atoms with Crippen LogP contribution in [0.1, 0.15) is 12.5 Å². The molecule has 13 heavy (non-hydrogen) atoms. The van der Waals surface area contributed by atoms with Crippen LogP contribution in [-0.2, 0) is 10.3 Å². The monoisotopic (exact) mass is 185 g/mol. The third-order valence-corrected chi connectivity index (χ3v) is 1.75. The summed E-state index contributed by atoms with van der Waals surface area (Å²) in [6, 6.07) is 1.24. The summed E-state index contributed by atoms with van der Waals surface area (Å²) in [7, 11) is 1.47. The maximum atomic E-state index is 12.7. The summed E-state index contributed by atoms with van der Waals surface area (Å²) < 4.78 is 17.5. The van der Waals surface area contributed by atoms with Crippen molar-refractivity contribution in [3.63, 3.8) is 0 Å². The third-order valence-electron chi connectivity index (χ3n) is 1.75. The third kappa shape index (κ3) is 2.47. The van der Waals surface area contributed by atoms with Crippen molar-refractivity contribution in [3.05, 3.63) is 29.8 Å². The van der Waals surface area contributed by atoms with Crippen molar-refractivity contribution in [2.75, 3.05) is 13.7 Å². The fourth-order valence-corrected chi connectivity index (χ4v) is 1.07. The summed E-state index contributed by atoms with van der Waals surface area (Å²) in [6.45, 7) is 1.66. The number of nitrogens with zero attached hydrogens (tertiary/aromatic N) is 1. The average molecular weight is 185 g/mol. The fourth-order valence-electron chi connectivity index (χ4n) is 1.07. The van der Waals surface area contributed by atoms with Crippen molar-refractivity contribution in [1.29, 1.82) is 0 Å². The van der Waals surface area contributed by atoms with E-state index in [1.54, 1.807) is 6.92 Å². The number of ether oxygens (including phenoxy) is 1. The molecule has 1 aromatic rings. The first kappa shape index (κ1) is 10.1. The van der Waals surface area contributed by atoms with E-state index in [0.717, 1.165) is 6.20 Å². The fraction of sp³-hybridized carbons (Fsp3) is 0.444. The molecule has 0 amide bonds. The molecule has 1 atom stereocenters. The number of hydrogen-bond acceptors (Lipinski definition) is 3. The lowest BCUT2D eigenvalue weighted by atomic mass is 9.99. The van der Waals surface area contributed by atoms with Gasteiger partial charge in [-0.1, -0.05) is 0 Å². The van der Waals surface area contributed by atoms with Gasteiger partial charge in [0.15, 0.2) is 0 Å². The van der Waals surface area contributed by atoms with E-state index in [-0.39, 0.29) is 6.61 Å². The molecule has 0 saturated carbocycles. The molecule has 0 aromatic carbocycles. The lowest BCUT2D eigenvalue weighted by Crippen LogP contribution is -2.27. The standard InChI is InChI=1S/C9H12FNO2/c1-9(12,6-13-2)7-3-8(10)5-11-4-7/h3-5,12H,6H2,1-2H3. The number of rotatable bonds is 3. The molecular weight excluding hydrogens is 173 g/mol. The highest BCUT2D eigenvalue weighted by molar-refractivity contribution is 5.17. The second kappa shape index (κ2) is 3.81. The number of pyridine rings is 1. The van der Waals surface area contributed by atoms with Gasteiger partial charge in [0.2, 0.25) is 0 Å². The number of halogens is 1. The smallest absolute Gasteiger partial charge is 0.141 e. The van der Waals surface area contributed by atoms with E-state index in [1.807, 2.05) is 0 Å². The normalized spacial score (nSPS) is 15.4. The minimum Gasteiger partial charge on any atom is -0.383 e. The van der Waals surface area contributed by atoms with Gasteiger partial charge in [-0.05, 0) is 13.0 Å². The van der Waals surface area contributed by atoms with Crippen molar-refractivity contribution in [1.82, 2.24) is 4.98 Å². The molecule has 1 N–H and O–H groups in total. The highest BCUT2D eigenvalue weighted by Gasteiger charge is 2.23. The molecule has 1 aromatic heterocycles. The van der Waals surface area contributed by atoms with Crippen LogP contribution in [0.5, 0.6) is 0 Å². The molecule has 1 heterocycles. The summed E-state index contributed by atoms with van der Waals surface area (Å²) in [4.78, 5) is 3.64. The van der Waals surface area contributed by atoms with Gasteiger partial charge < -0.3 is 9.84 Å². The predicted molar refractivity (Wildman–Crippen MR) is 45.6 cm³/mol. The van der Waals surface area contributed by atoms with Gasteiger partial charge in [-0.25, -0.2) is 4.39 Å². The van der Waals surface area contributed by atoms with Crippen LogP contribution >= 0.6 is 0 Å². The maximum absolute atomic E-state index is 12.7. The Hall–Kier alpha value is -1.00. The Morgan fingerprint density at radius 1 is 1.62 bits per heavy atom. The Labute approximate surface area is 76.2 Å². The Bertz CT molecular complexity index is 289. The highest BCUT2D eigenvalue weighted by atomic mass is 19.1. The number of hydrogen-bond donors (Lipinski definition) is 1. The molecule has 0 saturated heterocycles. The summed E-state index contributed by atoms with van der Waals surface area (Å²) in [5.41, 5.74) is -0.779. The highest BCUT2D eigenvalue weighted by Crippen LogP contribution is 2.20. The van der Waals surface area contributed by atoms with Gasteiger partial charge in [0, 0.05) is 18.9 Å². The Morgan fingerprint density at radius 3 is 2.85 bits per heavy atom. The zero-order valence-electron chi connectivity index (χ0n) is 7.62. The summed E-state index contributed by atoms with van der Waals surface area (Å²) in [5, 5.41) is 9.78. The molecule has 0 aliphatic rings. The second-order valence-corrected chi connectivity index (χ2v) is 3.10. The second-order valence-electron chi connectivity index (χ2n) is 3.10. The van der Waals surface area contributed by atoms with Gasteiger partial charge >= 0.3 is 0 Å². The van der Waals surface area contributed by atoms with E-state index < -0.39 is 11.4 Å². The van der Waals surface area contributed by atoms with Gasteiger partial charge in [0.1, 0.15) is 11.4 Å². The van der Waals surface area contributed by atoms with Crippen LogP contribution in [0, 0.1) is 5.82 Å². The van der Waals surface area contributed by atoms with Gasteiger partial charge in [0.05, 0.1) is 12.8 Å². The van der Waals surface area contributed by atoms with Crippen molar-refractivity contribution >= 4 is 0 Å². The molecule has 0 radical (unpaired) electrons. The summed E-state index contributed by atoms with van der Waals surface area (Å²) in [6.07, 6.45) is 2.51. The van der Waals surface area contributed by atoms with E-state index >= 15 is 0 Å². The van der Waals surface area contributed by atoms with Crippen LogP contribution in [-0.4, -0.2) is 23.8 Å². The van der Waals surface area contributed by atoms with Crippen LogP contribution in [0.2, 0.25) is 0 Å². The molecule has 0 fully saturated rings. The van der Waals surface area contributed by atoms with Gasteiger partial charge in [-0.3, -0.25) is 4.98 Å². The first-order valence-corrected chi connectivity index (χ1v) is 3.88. The first-order chi connectivity index (χ1) is 6.06. The van der Waals surface area contributed by atoms with Crippen molar-refractivity contribution in [2.45, 2.75) is 12.5 Å². The van der Waals surface area contributed by atoms with Gasteiger partial charge in [-0.2, -0.15) is 0 Å². The molecular formula is C9H12FNO2. The molecule has 1 rings (SSSR count). The minimum absolute atomic E-state index is 0.109. The van der Waals surface area contributed by atoms with Crippen LogP contribution in [0.15, 0.2) is 18.5 Å². The first-order valence-electron chi connectivity index (χ1n) is 3.88. The van der Waals surface area contributed by atoms with Crippen LogP contribution in [0.4, 0.5) is 4.39 Å². The maximum Gasteiger partial charge on any atom is 0.141 e. The molecule has 1 unspecified atom stereocenters. The summed E-state index contributed by atoms with van der Waals surface area (Å²) in [5.74, 6) is -0.464. The number of aromatic nitrogens is 1. The Kier molecular flexibility index (Phi) is 2.95. The van der Waals surface area contributed by atoms with E-state index in [0.29, 0.717) is 5.56 Å². The van der Waals surface area contributed by atoms with E-state index in [2.05, 4.69) is 4.98 Å². The molecule has 0 aliphatic carbocycles. The molecule has 0 bridgehead atoms. The van der Waals surface area contributed by atoms with Crippen LogP contribution < -0.4 is 0 Å². The van der Waals surface area contributed by atoms with E-state index in [4.69, 9.17) is 4.74 Å². The molecule has 3 nitrogen and oxygen atoms in total. The minimum atomic E-state index is -1.19. The van der Waals surface area contributed by atoms with Crippen LogP contribution in [0.25, 0.3) is 0 Å². The molecule has 72 valence electrons. The zero-order chi connectivity index (χ0) is 9.90. The Balaban J connectivity index is 2.93. The van der Waals surface area contributed by atoms with Crippen LogP contribution in [0.3, 0.4) is 0 Å². The molecule has 0 aliphatic heterocycles. The average Bonchev–Trinajstić information content (AvgIpc) is 2.04. The van der Waals surface area contributed by atoms with Crippen molar-refractivity contribution < 1.29 is 14.2 Å². The van der Waals surface area contributed by atoms with E-state index in [1.165, 1.54) is 19.4 Å². The lowest BCUT2D eigenvalue weighted by Gasteiger charge is -2.21. The van der Waals surface area contributed by atoms with Gasteiger partial charge in [0.25, 0.3) is 0 Å². The van der Waals surface area contributed by atoms with E-state index in [9.17, 15) is 9.50 Å². The molecule has 4 heteroatoms. The zero-order valence-corrected chi connectivity index (χ0v) is 7.62.